The largest absolute Gasteiger partial charge is 0.383 e. The summed E-state index contributed by atoms with van der Waals surface area (Å²) in [5.41, 5.74) is -2.45. The molecular weight excluding hydrogens is 328 g/mol. The molecule has 8 heteroatoms. The molecule has 0 saturated carbocycles. The van der Waals surface area contributed by atoms with Crippen molar-refractivity contribution in [2.24, 2.45) is 0 Å². The van der Waals surface area contributed by atoms with Gasteiger partial charge in [-0.05, 0) is 25.1 Å². The second-order valence-electron chi connectivity index (χ2n) is 5.31. The molecule has 2 aromatic rings. The van der Waals surface area contributed by atoms with E-state index in [0.717, 1.165) is 24.3 Å². The zero-order valence-electron chi connectivity index (χ0n) is 12.5. The van der Waals surface area contributed by atoms with Crippen molar-refractivity contribution >= 4 is 11.7 Å². The minimum atomic E-state index is -1.84. The topological polar surface area (TPSA) is 61.4 Å². The third-order valence-corrected chi connectivity index (χ3v) is 3.30. The van der Waals surface area contributed by atoms with E-state index in [2.05, 4.69) is 10.6 Å². The van der Waals surface area contributed by atoms with E-state index in [-0.39, 0.29) is 11.3 Å². The summed E-state index contributed by atoms with van der Waals surface area (Å²) in [4.78, 5) is 11.7. The lowest BCUT2D eigenvalue weighted by Gasteiger charge is -2.24. The van der Waals surface area contributed by atoms with Gasteiger partial charge >= 0.3 is 6.03 Å². The maximum Gasteiger partial charge on any atom is 0.319 e. The van der Waals surface area contributed by atoms with Crippen molar-refractivity contribution in [3.8, 4) is 0 Å². The van der Waals surface area contributed by atoms with E-state index in [0.29, 0.717) is 6.07 Å². The highest BCUT2D eigenvalue weighted by Crippen LogP contribution is 2.23. The maximum absolute atomic E-state index is 13.7. The van der Waals surface area contributed by atoms with Gasteiger partial charge in [-0.2, -0.15) is 0 Å². The lowest BCUT2D eigenvalue weighted by molar-refractivity contribution is 0.0561. The smallest absolute Gasteiger partial charge is 0.319 e. The molecule has 0 radical (unpaired) electrons. The molecule has 0 bridgehead atoms. The van der Waals surface area contributed by atoms with Crippen LogP contribution in [-0.4, -0.2) is 17.7 Å². The fourth-order valence-corrected chi connectivity index (χ4v) is 2.04. The zero-order chi connectivity index (χ0) is 17.9. The second kappa shape index (κ2) is 6.88. The number of anilines is 1. The van der Waals surface area contributed by atoms with Gasteiger partial charge < -0.3 is 15.7 Å². The van der Waals surface area contributed by atoms with Crippen molar-refractivity contribution in [2.75, 3.05) is 11.9 Å². The van der Waals surface area contributed by atoms with Crippen LogP contribution in [0, 0.1) is 23.3 Å². The van der Waals surface area contributed by atoms with Crippen LogP contribution in [-0.2, 0) is 5.60 Å². The van der Waals surface area contributed by atoms with E-state index >= 15 is 0 Å². The quantitative estimate of drug-likeness (QED) is 0.747. The molecule has 2 rings (SSSR count). The molecule has 0 aliphatic rings. The first-order valence-electron chi connectivity index (χ1n) is 6.87. The third kappa shape index (κ3) is 4.02. The lowest BCUT2D eigenvalue weighted by atomic mass is 9.95. The first kappa shape index (κ1) is 17.7. The van der Waals surface area contributed by atoms with Gasteiger partial charge in [0.05, 0.1) is 12.2 Å². The van der Waals surface area contributed by atoms with E-state index in [1.807, 2.05) is 0 Å². The molecule has 1 atom stereocenters. The third-order valence-electron chi connectivity index (χ3n) is 3.30. The summed E-state index contributed by atoms with van der Waals surface area (Å²) in [5.74, 6) is -4.14. The number of aliphatic hydroxyl groups is 1. The summed E-state index contributed by atoms with van der Waals surface area (Å²) in [6, 6.07) is 4.94. The van der Waals surface area contributed by atoms with Crippen LogP contribution in [0.25, 0.3) is 0 Å². The van der Waals surface area contributed by atoms with Crippen molar-refractivity contribution in [1.29, 1.82) is 0 Å². The SMILES string of the molecule is CC(O)(CNC(=O)Nc1cccc(F)c1F)c1ccc(F)cc1F. The molecule has 2 amide bonds. The Balaban J connectivity index is 2.03. The van der Waals surface area contributed by atoms with E-state index < -0.39 is 41.4 Å². The lowest BCUT2D eigenvalue weighted by Crippen LogP contribution is -2.41. The van der Waals surface area contributed by atoms with Gasteiger partial charge in [0.25, 0.3) is 0 Å². The fourth-order valence-electron chi connectivity index (χ4n) is 2.04. The first-order valence-corrected chi connectivity index (χ1v) is 6.87. The van der Waals surface area contributed by atoms with Gasteiger partial charge in [0.15, 0.2) is 11.6 Å². The van der Waals surface area contributed by atoms with Gasteiger partial charge in [0.2, 0.25) is 0 Å². The highest BCUT2D eigenvalue weighted by atomic mass is 19.2. The minimum Gasteiger partial charge on any atom is -0.383 e. The van der Waals surface area contributed by atoms with Crippen molar-refractivity contribution < 1.29 is 27.5 Å². The molecule has 0 heterocycles. The van der Waals surface area contributed by atoms with Crippen LogP contribution < -0.4 is 10.6 Å². The molecule has 3 N–H and O–H groups in total. The van der Waals surface area contributed by atoms with Crippen molar-refractivity contribution in [3.63, 3.8) is 0 Å². The van der Waals surface area contributed by atoms with Crippen LogP contribution in [0.15, 0.2) is 36.4 Å². The Hall–Kier alpha value is -2.61. The Morgan fingerprint density at radius 2 is 1.83 bits per heavy atom. The Bertz CT molecular complexity index is 766. The Kier molecular flexibility index (Phi) is 5.08. The Labute approximate surface area is 135 Å². The van der Waals surface area contributed by atoms with Crippen molar-refractivity contribution in [2.45, 2.75) is 12.5 Å². The number of carbonyl (C=O) groups excluding carboxylic acids is 1. The van der Waals surface area contributed by atoms with E-state index in [1.54, 1.807) is 0 Å². The summed E-state index contributed by atoms with van der Waals surface area (Å²) >= 11 is 0. The second-order valence-corrected chi connectivity index (χ2v) is 5.31. The van der Waals surface area contributed by atoms with Crippen LogP contribution in [0.3, 0.4) is 0 Å². The Morgan fingerprint density at radius 1 is 1.12 bits per heavy atom. The molecule has 24 heavy (non-hydrogen) atoms. The van der Waals surface area contributed by atoms with Gasteiger partial charge in [-0.15, -0.1) is 0 Å². The number of nitrogens with one attached hydrogen (secondary N) is 2. The summed E-state index contributed by atoms with van der Waals surface area (Å²) in [6.45, 7) is 0.769. The van der Waals surface area contributed by atoms with Crippen LogP contribution in [0.2, 0.25) is 0 Å². The molecule has 2 aromatic carbocycles. The van der Waals surface area contributed by atoms with Gasteiger partial charge in [-0.3, -0.25) is 0 Å². The number of rotatable bonds is 4. The van der Waals surface area contributed by atoms with E-state index in [9.17, 15) is 27.5 Å². The van der Waals surface area contributed by atoms with Crippen LogP contribution in [0.5, 0.6) is 0 Å². The van der Waals surface area contributed by atoms with Crippen LogP contribution in [0.1, 0.15) is 12.5 Å². The van der Waals surface area contributed by atoms with Gasteiger partial charge in [0, 0.05) is 11.6 Å². The number of hydrogen-bond acceptors (Lipinski definition) is 2. The number of benzene rings is 2. The maximum atomic E-state index is 13.7. The number of amides is 2. The summed E-state index contributed by atoms with van der Waals surface area (Å²) < 4.78 is 53.1. The number of carbonyl (C=O) groups is 1. The van der Waals surface area contributed by atoms with Crippen LogP contribution >= 0.6 is 0 Å². The molecule has 1 unspecified atom stereocenters. The summed E-state index contributed by atoms with van der Waals surface area (Å²) in [5, 5.41) is 14.5. The predicted molar refractivity (Wildman–Crippen MR) is 79.3 cm³/mol. The van der Waals surface area contributed by atoms with Crippen LogP contribution in [0.4, 0.5) is 28.0 Å². The molecule has 0 spiro atoms. The molecule has 0 aromatic heterocycles. The summed E-state index contributed by atoms with van der Waals surface area (Å²) in [7, 11) is 0. The average molecular weight is 342 g/mol. The number of hydrogen-bond donors (Lipinski definition) is 3. The van der Waals surface area contributed by atoms with Gasteiger partial charge in [0.1, 0.15) is 17.2 Å². The molecule has 0 aliphatic carbocycles. The highest BCUT2D eigenvalue weighted by molar-refractivity contribution is 5.89. The van der Waals surface area contributed by atoms with Crippen molar-refractivity contribution in [3.05, 3.63) is 65.2 Å². The molecule has 0 saturated heterocycles. The summed E-state index contributed by atoms with van der Waals surface area (Å²) in [6.07, 6.45) is 0. The van der Waals surface area contributed by atoms with E-state index in [1.165, 1.54) is 13.0 Å². The predicted octanol–water partition coefficient (Wildman–Crippen LogP) is 3.27. The average Bonchev–Trinajstić information content (AvgIpc) is 2.49. The molecule has 0 aliphatic heterocycles. The number of halogens is 4. The van der Waals surface area contributed by atoms with Crippen molar-refractivity contribution in [1.82, 2.24) is 5.32 Å². The standard InChI is InChI=1S/C16H14F4N2O2/c1-16(24,10-6-5-9(17)7-12(10)19)8-21-15(23)22-13-4-2-3-11(18)14(13)20/h2-7,24H,8H2,1H3,(H2,21,22,23). The number of urea groups is 1. The first-order chi connectivity index (χ1) is 11.2. The monoisotopic (exact) mass is 342 g/mol. The molecule has 4 nitrogen and oxygen atoms in total. The molecule has 0 fully saturated rings. The minimum absolute atomic E-state index is 0.221. The Morgan fingerprint density at radius 3 is 2.50 bits per heavy atom. The van der Waals surface area contributed by atoms with Gasteiger partial charge in [-0.1, -0.05) is 12.1 Å². The molecular formula is C16H14F4N2O2. The van der Waals surface area contributed by atoms with Gasteiger partial charge in [-0.25, -0.2) is 22.4 Å². The molecule has 128 valence electrons. The van der Waals surface area contributed by atoms with E-state index in [4.69, 9.17) is 0 Å². The normalized spacial score (nSPS) is 13.2. The zero-order valence-corrected chi connectivity index (χ0v) is 12.5. The fraction of sp³-hybridized carbons (Fsp3) is 0.188. The highest BCUT2D eigenvalue weighted by Gasteiger charge is 2.27.